The summed E-state index contributed by atoms with van der Waals surface area (Å²) in [6.45, 7) is 9.17. The number of rotatable bonds is 12. The van der Waals surface area contributed by atoms with Gasteiger partial charge in [-0.1, -0.05) is 0 Å². The Morgan fingerprint density at radius 1 is 0.552 bits per heavy atom. The molecule has 11 nitrogen and oxygen atoms in total. The first-order chi connectivity index (χ1) is 13.5. The zero-order valence-corrected chi connectivity index (χ0v) is 17.6. The van der Waals surface area contributed by atoms with Crippen molar-refractivity contribution in [2.45, 2.75) is 66.0 Å². The van der Waals surface area contributed by atoms with Crippen LogP contribution in [0, 0.1) is 0 Å². The van der Waals surface area contributed by atoms with Crippen LogP contribution in [0.15, 0.2) is 0 Å². The highest BCUT2D eigenvalue weighted by Gasteiger charge is 2.22. The molecule has 11 heteroatoms. The maximum Gasteiger partial charge on any atom is 0.509 e. The second kappa shape index (κ2) is 14.4. The van der Waals surface area contributed by atoms with E-state index in [0.29, 0.717) is 0 Å². The maximum atomic E-state index is 11.5. The normalized spacial score (nSPS) is 12.7. The fraction of sp³-hybridized carbons (Fsp3) is 0.778. The molecule has 0 rings (SSSR count). The van der Waals surface area contributed by atoms with Crippen molar-refractivity contribution in [2.24, 2.45) is 0 Å². The van der Waals surface area contributed by atoms with Gasteiger partial charge in [-0.25, -0.2) is 19.2 Å². The summed E-state index contributed by atoms with van der Waals surface area (Å²) in [7, 11) is 0. The number of hydrogen-bond donors (Lipinski definition) is 0. The molecule has 0 aromatic rings. The van der Waals surface area contributed by atoms with Crippen molar-refractivity contribution < 1.29 is 52.3 Å². The molecule has 2 atom stereocenters. The van der Waals surface area contributed by atoms with E-state index in [9.17, 15) is 19.2 Å². The Morgan fingerprint density at radius 3 is 1.21 bits per heavy atom. The van der Waals surface area contributed by atoms with Gasteiger partial charge in [-0.2, -0.15) is 0 Å². The van der Waals surface area contributed by atoms with Crippen LogP contribution in [0.2, 0.25) is 0 Å². The molecule has 0 aliphatic rings. The highest BCUT2D eigenvalue weighted by atomic mass is 16.7. The second-order valence-corrected chi connectivity index (χ2v) is 6.30. The number of ether oxygens (including phenoxy) is 7. The molecule has 0 amide bonds. The molecule has 0 aromatic heterocycles. The summed E-state index contributed by atoms with van der Waals surface area (Å²) in [5.41, 5.74) is 0. The molecule has 0 radical (unpaired) electrons. The third-order valence-corrected chi connectivity index (χ3v) is 2.81. The van der Waals surface area contributed by atoms with E-state index in [0.717, 1.165) is 0 Å². The van der Waals surface area contributed by atoms with Crippen LogP contribution in [0.1, 0.15) is 41.5 Å². The molecule has 0 aromatic carbocycles. The Kier molecular flexibility index (Phi) is 13.2. The minimum Gasteiger partial charge on any atom is -0.460 e. The molecule has 0 N–H and O–H groups in total. The fourth-order valence-corrected chi connectivity index (χ4v) is 1.58. The van der Waals surface area contributed by atoms with Crippen LogP contribution in [-0.4, -0.2) is 75.1 Å². The van der Waals surface area contributed by atoms with E-state index < -0.39 is 36.5 Å². The van der Waals surface area contributed by atoms with E-state index in [1.165, 1.54) is 13.8 Å². The van der Waals surface area contributed by atoms with Crippen molar-refractivity contribution in [1.82, 2.24) is 0 Å². The smallest absolute Gasteiger partial charge is 0.460 e. The number of carbonyl (C=O) groups is 4. The molecule has 0 saturated carbocycles. The fourth-order valence-electron chi connectivity index (χ4n) is 1.58. The van der Waals surface area contributed by atoms with Crippen LogP contribution in [0.4, 0.5) is 9.59 Å². The van der Waals surface area contributed by atoms with Crippen molar-refractivity contribution in [3.05, 3.63) is 0 Å². The third kappa shape index (κ3) is 14.1. The van der Waals surface area contributed by atoms with Gasteiger partial charge >= 0.3 is 24.2 Å². The number of carbonyl (C=O) groups excluding carboxylic acids is 4. The highest BCUT2D eigenvalue weighted by molar-refractivity contribution is 5.77. The lowest BCUT2D eigenvalue weighted by Crippen LogP contribution is -2.29. The summed E-state index contributed by atoms with van der Waals surface area (Å²) in [4.78, 5) is 45.8. The molecule has 168 valence electrons. The van der Waals surface area contributed by atoms with Crippen LogP contribution in [0.3, 0.4) is 0 Å². The van der Waals surface area contributed by atoms with Crippen LogP contribution in [-0.2, 0) is 42.7 Å². The predicted molar refractivity (Wildman–Crippen MR) is 97.1 cm³/mol. The minimum absolute atomic E-state index is 0.00937. The molecule has 0 unspecified atom stereocenters. The summed E-state index contributed by atoms with van der Waals surface area (Å²) in [6.07, 6.45) is -4.91. The Bertz CT molecular complexity index is 484. The number of esters is 2. The second-order valence-electron chi connectivity index (χ2n) is 6.30. The molecule has 0 fully saturated rings. The minimum atomic E-state index is -1.09. The van der Waals surface area contributed by atoms with Crippen LogP contribution >= 0.6 is 0 Å². The van der Waals surface area contributed by atoms with Crippen LogP contribution in [0.5, 0.6) is 0 Å². The molecule has 0 spiro atoms. The van der Waals surface area contributed by atoms with Gasteiger partial charge in [0, 0.05) is 0 Å². The van der Waals surface area contributed by atoms with Crippen LogP contribution < -0.4 is 0 Å². The van der Waals surface area contributed by atoms with Gasteiger partial charge in [0.25, 0.3) is 0 Å². The lowest BCUT2D eigenvalue weighted by atomic mass is 10.4. The van der Waals surface area contributed by atoms with Crippen molar-refractivity contribution in [1.29, 1.82) is 0 Å². The maximum absolute atomic E-state index is 11.5. The molecule has 0 aliphatic carbocycles. The Morgan fingerprint density at radius 2 is 0.897 bits per heavy atom. The van der Waals surface area contributed by atoms with Crippen molar-refractivity contribution in [3.8, 4) is 0 Å². The molecule has 0 heterocycles. The molecule has 29 heavy (non-hydrogen) atoms. The third-order valence-electron chi connectivity index (χ3n) is 2.81. The van der Waals surface area contributed by atoms with Crippen LogP contribution in [0.25, 0.3) is 0 Å². The van der Waals surface area contributed by atoms with E-state index in [-0.39, 0.29) is 38.6 Å². The van der Waals surface area contributed by atoms with E-state index in [1.807, 2.05) is 0 Å². The SMILES string of the molecule is CC(C)OC(=O)[C@H](C)OC(=O)OCCOCCOC(=O)O[C@@H](C)C(=O)OC(C)C. The van der Waals surface area contributed by atoms with E-state index in [4.69, 9.17) is 33.2 Å². The zero-order valence-electron chi connectivity index (χ0n) is 17.6. The number of hydrogen-bond acceptors (Lipinski definition) is 11. The average Bonchev–Trinajstić information content (AvgIpc) is 2.59. The quantitative estimate of drug-likeness (QED) is 0.260. The lowest BCUT2D eigenvalue weighted by Gasteiger charge is -2.15. The van der Waals surface area contributed by atoms with Gasteiger partial charge in [0.05, 0.1) is 25.4 Å². The average molecular weight is 422 g/mol. The van der Waals surface area contributed by atoms with Gasteiger partial charge < -0.3 is 33.2 Å². The lowest BCUT2D eigenvalue weighted by molar-refractivity contribution is -0.158. The van der Waals surface area contributed by atoms with Crippen molar-refractivity contribution in [3.63, 3.8) is 0 Å². The van der Waals surface area contributed by atoms with Crippen molar-refractivity contribution in [2.75, 3.05) is 26.4 Å². The van der Waals surface area contributed by atoms with Crippen molar-refractivity contribution >= 4 is 24.2 Å². The Labute approximate surface area is 169 Å². The topological polar surface area (TPSA) is 133 Å². The first-order valence-corrected chi connectivity index (χ1v) is 9.18. The summed E-state index contributed by atoms with van der Waals surface area (Å²) in [6, 6.07) is 0. The summed E-state index contributed by atoms with van der Waals surface area (Å²) in [5, 5.41) is 0. The Balaban J connectivity index is 3.77. The van der Waals surface area contributed by atoms with E-state index >= 15 is 0 Å². The van der Waals surface area contributed by atoms with Gasteiger partial charge in [-0.15, -0.1) is 0 Å². The first kappa shape index (κ1) is 26.4. The van der Waals surface area contributed by atoms with Gasteiger partial charge in [0.15, 0.2) is 12.2 Å². The van der Waals surface area contributed by atoms with E-state index in [1.54, 1.807) is 27.7 Å². The van der Waals surface area contributed by atoms with Gasteiger partial charge in [0.2, 0.25) is 0 Å². The zero-order chi connectivity index (χ0) is 22.4. The standard InChI is InChI=1S/C18H30O11/c1-11(2)26-15(19)13(5)28-17(21)24-9-7-23-8-10-25-18(22)29-14(6)16(20)27-12(3)4/h11-14H,7-10H2,1-6H3/t13-,14-/m0/s1. The molecular formula is C18H30O11. The van der Waals surface area contributed by atoms with Gasteiger partial charge in [0.1, 0.15) is 13.2 Å². The highest BCUT2D eigenvalue weighted by Crippen LogP contribution is 2.02. The van der Waals surface area contributed by atoms with E-state index in [2.05, 4.69) is 0 Å². The monoisotopic (exact) mass is 422 g/mol. The Hall–Kier alpha value is -2.56. The summed E-state index contributed by atoms with van der Waals surface area (Å²) in [5.74, 6) is -1.35. The largest absolute Gasteiger partial charge is 0.509 e. The molecule has 0 aliphatic heterocycles. The molecule has 0 saturated heterocycles. The first-order valence-electron chi connectivity index (χ1n) is 9.18. The molecule has 0 bridgehead atoms. The van der Waals surface area contributed by atoms with Gasteiger partial charge in [-0.05, 0) is 41.5 Å². The predicted octanol–water partition coefficient (Wildman–Crippen LogP) is 1.99. The van der Waals surface area contributed by atoms with Gasteiger partial charge in [-0.3, -0.25) is 0 Å². The molecular weight excluding hydrogens is 392 g/mol. The summed E-state index contributed by atoms with van der Waals surface area (Å²) < 4.78 is 33.8. The summed E-state index contributed by atoms with van der Waals surface area (Å²) >= 11 is 0.